The van der Waals surface area contributed by atoms with Gasteiger partial charge < -0.3 is 5.32 Å². The van der Waals surface area contributed by atoms with Crippen molar-refractivity contribution in [2.45, 2.75) is 32.1 Å². The van der Waals surface area contributed by atoms with Crippen LogP contribution in [0.25, 0.3) is 0 Å². The lowest BCUT2D eigenvalue weighted by atomic mass is 9.76. The highest BCUT2D eigenvalue weighted by atomic mass is 127. The molecule has 3 rings (SSSR count). The lowest BCUT2D eigenvalue weighted by Crippen LogP contribution is -2.31. The first-order valence-electron chi connectivity index (χ1n) is 7.02. The number of ketones is 1. The van der Waals surface area contributed by atoms with Gasteiger partial charge in [-0.2, -0.15) is 5.26 Å². The van der Waals surface area contributed by atoms with E-state index >= 15 is 0 Å². The third kappa shape index (κ3) is 2.40. The molecule has 0 aromatic heterocycles. The van der Waals surface area contributed by atoms with Crippen LogP contribution in [0.3, 0.4) is 0 Å². The highest BCUT2D eigenvalue weighted by molar-refractivity contribution is 14.1. The third-order valence-corrected chi connectivity index (χ3v) is 5.09. The van der Waals surface area contributed by atoms with Crippen molar-refractivity contribution in [1.29, 1.82) is 5.26 Å². The van der Waals surface area contributed by atoms with Gasteiger partial charge in [0.2, 0.25) is 0 Å². The molecular formula is C17H15IN2O. The molecule has 0 radical (unpaired) electrons. The Kier molecular flexibility index (Phi) is 3.85. The van der Waals surface area contributed by atoms with Gasteiger partial charge in [-0.15, -0.1) is 0 Å². The SMILES string of the molecule is CC1=C(C#N)[C@H](c2ccccc2I)C2=C(CCCC2=O)N1. The number of Topliss-reactive ketones (excluding diaryl/α,β-unsaturated/α-hetero) is 1. The maximum absolute atomic E-state index is 12.5. The molecular weight excluding hydrogens is 375 g/mol. The van der Waals surface area contributed by atoms with Crippen LogP contribution < -0.4 is 5.32 Å². The molecule has 4 heteroatoms. The van der Waals surface area contributed by atoms with Gasteiger partial charge in [0.1, 0.15) is 0 Å². The molecule has 1 atom stereocenters. The van der Waals surface area contributed by atoms with Crippen molar-refractivity contribution in [3.05, 3.63) is 55.9 Å². The Bertz CT molecular complexity index is 725. The average molecular weight is 390 g/mol. The Labute approximate surface area is 137 Å². The number of hydrogen-bond donors (Lipinski definition) is 1. The Hall–Kier alpha value is -1.61. The van der Waals surface area contributed by atoms with Crippen molar-refractivity contribution < 1.29 is 4.79 Å². The van der Waals surface area contributed by atoms with Gasteiger partial charge in [-0.05, 0) is 54.0 Å². The lowest BCUT2D eigenvalue weighted by Gasteiger charge is -2.33. The Balaban J connectivity index is 2.23. The predicted octanol–water partition coefficient (Wildman–Crippen LogP) is 3.78. The summed E-state index contributed by atoms with van der Waals surface area (Å²) in [5.41, 5.74) is 4.39. The molecule has 0 amide bonds. The fourth-order valence-corrected chi connectivity index (χ4v) is 3.85. The summed E-state index contributed by atoms with van der Waals surface area (Å²) >= 11 is 2.28. The zero-order chi connectivity index (χ0) is 15.0. The molecule has 1 aliphatic heterocycles. The van der Waals surface area contributed by atoms with Crippen LogP contribution in [0.5, 0.6) is 0 Å². The molecule has 1 aromatic rings. The summed E-state index contributed by atoms with van der Waals surface area (Å²) in [5.74, 6) is -0.0409. The molecule has 3 nitrogen and oxygen atoms in total. The summed E-state index contributed by atoms with van der Waals surface area (Å²) in [7, 11) is 0. The van der Waals surface area contributed by atoms with Gasteiger partial charge in [-0.1, -0.05) is 18.2 Å². The summed E-state index contributed by atoms with van der Waals surface area (Å²) in [6.07, 6.45) is 2.35. The fourth-order valence-electron chi connectivity index (χ4n) is 3.15. The minimum atomic E-state index is -0.216. The molecule has 106 valence electrons. The number of nitrogens with zero attached hydrogens (tertiary/aromatic N) is 1. The summed E-state index contributed by atoms with van der Waals surface area (Å²) in [6, 6.07) is 10.3. The number of hydrogen-bond acceptors (Lipinski definition) is 3. The van der Waals surface area contributed by atoms with Gasteiger partial charge in [-0.25, -0.2) is 0 Å². The van der Waals surface area contributed by atoms with Crippen LogP contribution in [0.4, 0.5) is 0 Å². The Morgan fingerprint density at radius 1 is 1.33 bits per heavy atom. The van der Waals surface area contributed by atoms with Gasteiger partial charge in [-0.3, -0.25) is 4.79 Å². The van der Waals surface area contributed by atoms with Gasteiger partial charge in [0.05, 0.1) is 17.6 Å². The number of allylic oxidation sites excluding steroid dienone is 4. The average Bonchev–Trinajstić information content (AvgIpc) is 2.47. The standard InChI is InChI=1S/C17H15IN2O/c1-10-12(9-19)16(11-5-2-3-6-13(11)18)17-14(20-10)7-4-8-15(17)21/h2-3,5-6,16,20H,4,7-8H2,1H3/t16-/m0/s1. The maximum atomic E-state index is 12.5. The zero-order valence-electron chi connectivity index (χ0n) is 11.7. The number of rotatable bonds is 1. The van der Waals surface area contributed by atoms with Crippen molar-refractivity contribution in [3.63, 3.8) is 0 Å². The van der Waals surface area contributed by atoms with E-state index in [0.29, 0.717) is 12.0 Å². The molecule has 0 saturated carbocycles. The molecule has 0 unspecified atom stereocenters. The van der Waals surface area contributed by atoms with Crippen LogP contribution >= 0.6 is 22.6 Å². The van der Waals surface area contributed by atoms with E-state index in [1.165, 1.54) is 0 Å². The van der Waals surface area contributed by atoms with Crippen molar-refractivity contribution in [2.24, 2.45) is 0 Å². The first kappa shape index (κ1) is 14.3. The van der Waals surface area contributed by atoms with Gasteiger partial charge in [0.25, 0.3) is 0 Å². The molecule has 1 aromatic carbocycles. The second kappa shape index (κ2) is 5.64. The number of carbonyl (C=O) groups excluding carboxylic acids is 1. The largest absolute Gasteiger partial charge is 0.361 e. The molecule has 1 N–H and O–H groups in total. The topological polar surface area (TPSA) is 52.9 Å². The van der Waals surface area contributed by atoms with E-state index in [1.54, 1.807) is 0 Å². The molecule has 2 aliphatic rings. The highest BCUT2D eigenvalue weighted by Crippen LogP contribution is 2.42. The minimum absolute atomic E-state index is 0.175. The van der Waals surface area contributed by atoms with Crippen molar-refractivity contribution in [1.82, 2.24) is 5.32 Å². The van der Waals surface area contributed by atoms with Gasteiger partial charge in [0.15, 0.2) is 5.78 Å². The summed E-state index contributed by atoms with van der Waals surface area (Å²) in [6.45, 7) is 1.92. The molecule has 21 heavy (non-hydrogen) atoms. The van der Waals surface area contributed by atoms with E-state index in [-0.39, 0.29) is 11.7 Å². The monoisotopic (exact) mass is 390 g/mol. The molecule has 0 saturated heterocycles. The minimum Gasteiger partial charge on any atom is -0.361 e. The van der Waals surface area contributed by atoms with Crippen LogP contribution in [0.15, 0.2) is 46.8 Å². The number of dihydropyridines is 1. The van der Waals surface area contributed by atoms with E-state index in [1.807, 2.05) is 31.2 Å². The van der Waals surface area contributed by atoms with Crippen molar-refractivity contribution >= 4 is 28.4 Å². The van der Waals surface area contributed by atoms with Crippen molar-refractivity contribution in [2.75, 3.05) is 0 Å². The molecule has 1 aliphatic carbocycles. The quantitative estimate of drug-likeness (QED) is 0.743. The fraction of sp³-hybridized carbons (Fsp3) is 0.294. The van der Waals surface area contributed by atoms with Crippen LogP contribution in [0.2, 0.25) is 0 Å². The highest BCUT2D eigenvalue weighted by Gasteiger charge is 2.36. The molecule has 0 bridgehead atoms. The normalized spacial score (nSPS) is 21.8. The van der Waals surface area contributed by atoms with Gasteiger partial charge in [0, 0.05) is 27.0 Å². The van der Waals surface area contributed by atoms with Crippen LogP contribution in [0, 0.1) is 14.9 Å². The Morgan fingerprint density at radius 2 is 2.10 bits per heavy atom. The molecule has 1 heterocycles. The summed E-state index contributed by atoms with van der Waals surface area (Å²) in [5, 5.41) is 12.9. The number of nitrogens with one attached hydrogen (secondary N) is 1. The van der Waals surface area contributed by atoms with E-state index < -0.39 is 0 Å². The molecule has 0 fully saturated rings. The summed E-state index contributed by atoms with van der Waals surface area (Å²) in [4.78, 5) is 12.5. The van der Waals surface area contributed by atoms with E-state index in [4.69, 9.17) is 0 Å². The first-order chi connectivity index (χ1) is 10.1. The Morgan fingerprint density at radius 3 is 2.81 bits per heavy atom. The molecule has 0 spiro atoms. The maximum Gasteiger partial charge on any atom is 0.161 e. The van der Waals surface area contributed by atoms with Gasteiger partial charge >= 0.3 is 0 Å². The van der Waals surface area contributed by atoms with Crippen LogP contribution in [-0.2, 0) is 4.79 Å². The first-order valence-corrected chi connectivity index (χ1v) is 8.10. The van der Waals surface area contributed by atoms with Crippen molar-refractivity contribution in [3.8, 4) is 6.07 Å². The lowest BCUT2D eigenvalue weighted by molar-refractivity contribution is -0.116. The van der Waals surface area contributed by atoms with Crippen LogP contribution in [0.1, 0.15) is 37.7 Å². The number of carbonyl (C=O) groups is 1. The predicted molar refractivity (Wildman–Crippen MR) is 89.2 cm³/mol. The number of nitriles is 1. The van der Waals surface area contributed by atoms with Crippen LogP contribution in [-0.4, -0.2) is 5.78 Å². The smallest absolute Gasteiger partial charge is 0.161 e. The number of halogens is 1. The zero-order valence-corrected chi connectivity index (χ0v) is 13.9. The van der Waals surface area contributed by atoms with E-state index in [9.17, 15) is 10.1 Å². The number of benzene rings is 1. The summed E-state index contributed by atoms with van der Waals surface area (Å²) < 4.78 is 1.09. The second-order valence-corrected chi connectivity index (χ2v) is 6.56. The van der Waals surface area contributed by atoms with E-state index in [0.717, 1.165) is 38.9 Å². The third-order valence-electron chi connectivity index (χ3n) is 4.11. The van der Waals surface area contributed by atoms with E-state index in [2.05, 4.69) is 34.0 Å². The second-order valence-electron chi connectivity index (χ2n) is 5.40.